The minimum Gasteiger partial charge on any atom is -0.339 e. The van der Waals surface area contributed by atoms with Gasteiger partial charge in [0.1, 0.15) is 6.04 Å². The molecule has 7 nitrogen and oxygen atoms in total. The van der Waals surface area contributed by atoms with Gasteiger partial charge in [-0.3, -0.25) is 14.8 Å². The molecule has 1 unspecified atom stereocenters. The SMILES string of the molecule is C[C@@H](N)C(NC(=O)c1ccc(C#Cc2ccc(CNC3CC3)cc2)cc1)C(=O)NO. The predicted octanol–water partition coefficient (Wildman–Crippen LogP) is 1.29. The maximum Gasteiger partial charge on any atom is 0.267 e. The smallest absolute Gasteiger partial charge is 0.267 e. The van der Waals surface area contributed by atoms with Gasteiger partial charge in [-0.25, -0.2) is 5.48 Å². The van der Waals surface area contributed by atoms with Gasteiger partial charge < -0.3 is 16.4 Å². The molecule has 2 atom stereocenters. The summed E-state index contributed by atoms with van der Waals surface area (Å²) in [7, 11) is 0. The molecule has 6 N–H and O–H groups in total. The zero-order chi connectivity index (χ0) is 21.5. The van der Waals surface area contributed by atoms with Gasteiger partial charge in [0.25, 0.3) is 11.8 Å². The average Bonchev–Trinajstić information content (AvgIpc) is 3.59. The van der Waals surface area contributed by atoms with Gasteiger partial charge in [-0.1, -0.05) is 24.0 Å². The number of amides is 2. The van der Waals surface area contributed by atoms with E-state index in [1.807, 2.05) is 12.1 Å². The molecular formula is C23H26N4O3. The molecule has 0 bridgehead atoms. The largest absolute Gasteiger partial charge is 0.339 e. The number of benzene rings is 2. The molecule has 30 heavy (non-hydrogen) atoms. The Hall–Kier alpha value is -3.18. The second-order valence-corrected chi connectivity index (χ2v) is 7.47. The minimum absolute atomic E-state index is 0.365. The average molecular weight is 406 g/mol. The van der Waals surface area contributed by atoms with Crippen LogP contribution in [0.1, 0.15) is 46.8 Å². The van der Waals surface area contributed by atoms with Crippen molar-refractivity contribution >= 4 is 11.8 Å². The normalized spacial score (nSPS) is 14.8. The maximum atomic E-state index is 12.3. The Labute approximate surface area is 176 Å². The number of carbonyl (C=O) groups is 2. The number of nitrogens with one attached hydrogen (secondary N) is 3. The first-order valence-electron chi connectivity index (χ1n) is 9.91. The molecule has 0 radical (unpaired) electrons. The Morgan fingerprint density at radius 1 is 1.07 bits per heavy atom. The van der Waals surface area contributed by atoms with Crippen molar-refractivity contribution in [3.8, 4) is 11.8 Å². The van der Waals surface area contributed by atoms with E-state index >= 15 is 0 Å². The number of hydrogen-bond acceptors (Lipinski definition) is 5. The van der Waals surface area contributed by atoms with Crippen LogP contribution in [-0.4, -0.2) is 35.1 Å². The summed E-state index contributed by atoms with van der Waals surface area (Å²) in [6, 6.07) is 13.9. The fourth-order valence-electron chi connectivity index (χ4n) is 2.83. The lowest BCUT2D eigenvalue weighted by Crippen LogP contribution is -2.54. The van der Waals surface area contributed by atoms with E-state index in [4.69, 9.17) is 10.9 Å². The first kappa shape index (κ1) is 21.5. The highest BCUT2D eigenvalue weighted by Gasteiger charge is 2.24. The Bertz CT molecular complexity index is 939. The summed E-state index contributed by atoms with van der Waals surface area (Å²) in [4.78, 5) is 23.9. The number of carbonyl (C=O) groups excluding carboxylic acids is 2. The van der Waals surface area contributed by atoms with Crippen LogP contribution in [0.4, 0.5) is 0 Å². The summed E-state index contributed by atoms with van der Waals surface area (Å²) in [5.74, 6) is 4.96. The zero-order valence-electron chi connectivity index (χ0n) is 16.8. The number of hydrogen-bond donors (Lipinski definition) is 5. The molecular weight excluding hydrogens is 380 g/mol. The second-order valence-electron chi connectivity index (χ2n) is 7.47. The van der Waals surface area contributed by atoms with Gasteiger partial charge in [-0.05, 0) is 61.7 Å². The molecule has 0 spiro atoms. The van der Waals surface area contributed by atoms with Crippen LogP contribution in [0.25, 0.3) is 0 Å². The van der Waals surface area contributed by atoms with Crippen molar-refractivity contribution < 1.29 is 14.8 Å². The third-order valence-electron chi connectivity index (χ3n) is 4.83. The Morgan fingerprint density at radius 2 is 1.63 bits per heavy atom. The number of rotatable bonds is 7. The van der Waals surface area contributed by atoms with Gasteiger partial charge in [0, 0.05) is 35.3 Å². The molecule has 1 aliphatic rings. The van der Waals surface area contributed by atoms with Crippen molar-refractivity contribution in [1.29, 1.82) is 0 Å². The lowest BCUT2D eigenvalue weighted by Gasteiger charge is -2.20. The van der Waals surface area contributed by atoms with Crippen LogP contribution < -0.4 is 21.8 Å². The van der Waals surface area contributed by atoms with E-state index in [0.717, 1.165) is 17.7 Å². The summed E-state index contributed by atoms with van der Waals surface area (Å²) in [5, 5.41) is 14.8. The standard InChI is InChI=1S/C23H26N4O3/c1-15(24)21(23(29)27-30)26-22(28)19-10-8-17(9-11-19)3-2-16-4-6-18(7-5-16)14-25-20-12-13-20/h4-11,15,20-21,25,30H,12-14,24H2,1H3,(H,26,28)(H,27,29)/t15-,21?/m1/s1. The highest BCUT2D eigenvalue weighted by Crippen LogP contribution is 2.19. The van der Waals surface area contributed by atoms with Gasteiger partial charge in [0.2, 0.25) is 0 Å². The molecule has 156 valence electrons. The van der Waals surface area contributed by atoms with Crippen molar-refractivity contribution in [2.75, 3.05) is 0 Å². The van der Waals surface area contributed by atoms with Gasteiger partial charge in [-0.15, -0.1) is 0 Å². The fraction of sp³-hybridized carbons (Fsp3) is 0.304. The van der Waals surface area contributed by atoms with Gasteiger partial charge in [0.05, 0.1) is 0 Å². The second kappa shape index (κ2) is 10.0. The van der Waals surface area contributed by atoms with E-state index < -0.39 is 23.9 Å². The Balaban J connectivity index is 1.59. The number of hydroxylamine groups is 1. The van der Waals surface area contributed by atoms with Crippen LogP contribution in [0.5, 0.6) is 0 Å². The number of nitrogens with two attached hydrogens (primary N) is 1. The molecule has 1 fully saturated rings. The summed E-state index contributed by atoms with van der Waals surface area (Å²) < 4.78 is 0. The van der Waals surface area contributed by atoms with E-state index in [2.05, 4.69) is 34.6 Å². The zero-order valence-corrected chi connectivity index (χ0v) is 16.8. The van der Waals surface area contributed by atoms with Crippen LogP contribution in [0.3, 0.4) is 0 Å². The third-order valence-corrected chi connectivity index (χ3v) is 4.83. The first-order valence-corrected chi connectivity index (χ1v) is 9.91. The molecule has 2 amide bonds. The van der Waals surface area contributed by atoms with Crippen LogP contribution in [0.15, 0.2) is 48.5 Å². The molecule has 2 aromatic carbocycles. The van der Waals surface area contributed by atoms with E-state index in [1.165, 1.54) is 23.9 Å². The van der Waals surface area contributed by atoms with E-state index in [1.54, 1.807) is 31.2 Å². The molecule has 0 heterocycles. The minimum atomic E-state index is -1.04. The van der Waals surface area contributed by atoms with Crippen molar-refractivity contribution in [2.45, 2.75) is 44.4 Å². The van der Waals surface area contributed by atoms with E-state index in [0.29, 0.717) is 11.6 Å². The lowest BCUT2D eigenvalue weighted by molar-refractivity contribution is -0.131. The summed E-state index contributed by atoms with van der Waals surface area (Å²) in [6.07, 6.45) is 2.55. The molecule has 2 aromatic rings. The molecule has 1 aliphatic carbocycles. The molecule has 3 rings (SSSR count). The molecule has 7 heteroatoms. The van der Waals surface area contributed by atoms with Crippen molar-refractivity contribution in [1.82, 2.24) is 16.1 Å². The Morgan fingerprint density at radius 3 is 2.13 bits per heavy atom. The fourth-order valence-corrected chi connectivity index (χ4v) is 2.83. The highest BCUT2D eigenvalue weighted by molar-refractivity contribution is 5.97. The van der Waals surface area contributed by atoms with Crippen LogP contribution in [0, 0.1) is 11.8 Å². The Kier molecular flexibility index (Phi) is 7.20. The quantitative estimate of drug-likeness (QED) is 0.270. The predicted molar refractivity (Wildman–Crippen MR) is 114 cm³/mol. The van der Waals surface area contributed by atoms with E-state index in [-0.39, 0.29) is 0 Å². The van der Waals surface area contributed by atoms with Gasteiger partial charge >= 0.3 is 0 Å². The van der Waals surface area contributed by atoms with Crippen molar-refractivity contribution in [2.24, 2.45) is 5.73 Å². The van der Waals surface area contributed by atoms with Crippen molar-refractivity contribution in [3.63, 3.8) is 0 Å². The van der Waals surface area contributed by atoms with Gasteiger partial charge in [-0.2, -0.15) is 0 Å². The molecule has 1 saturated carbocycles. The van der Waals surface area contributed by atoms with E-state index in [9.17, 15) is 9.59 Å². The molecule has 0 aliphatic heterocycles. The summed E-state index contributed by atoms with van der Waals surface area (Å²) in [6.45, 7) is 2.45. The topological polar surface area (TPSA) is 116 Å². The highest BCUT2D eigenvalue weighted by atomic mass is 16.5. The maximum absolute atomic E-state index is 12.3. The molecule has 0 saturated heterocycles. The summed E-state index contributed by atoms with van der Waals surface area (Å²) in [5.41, 5.74) is 10.5. The molecule has 0 aromatic heterocycles. The lowest BCUT2D eigenvalue weighted by atomic mass is 10.1. The van der Waals surface area contributed by atoms with Crippen LogP contribution >= 0.6 is 0 Å². The first-order chi connectivity index (χ1) is 14.5. The summed E-state index contributed by atoms with van der Waals surface area (Å²) >= 11 is 0. The van der Waals surface area contributed by atoms with Gasteiger partial charge in [0.15, 0.2) is 0 Å². The van der Waals surface area contributed by atoms with Crippen LogP contribution in [0.2, 0.25) is 0 Å². The monoisotopic (exact) mass is 406 g/mol. The third kappa shape index (κ3) is 6.16. The van der Waals surface area contributed by atoms with Crippen LogP contribution in [-0.2, 0) is 11.3 Å². The van der Waals surface area contributed by atoms with Crippen molar-refractivity contribution in [3.05, 3.63) is 70.8 Å².